The zero-order valence-electron chi connectivity index (χ0n) is 11.3. The van der Waals surface area contributed by atoms with Crippen LogP contribution in [0, 0.1) is 0 Å². The van der Waals surface area contributed by atoms with Crippen LogP contribution in [0.5, 0.6) is 0 Å². The van der Waals surface area contributed by atoms with Crippen LogP contribution in [0.3, 0.4) is 0 Å². The van der Waals surface area contributed by atoms with E-state index in [2.05, 4.69) is 43.3 Å². The van der Waals surface area contributed by atoms with E-state index in [9.17, 15) is 4.79 Å². The van der Waals surface area contributed by atoms with Crippen molar-refractivity contribution >= 4 is 33.5 Å². The molecule has 2 N–H and O–H groups in total. The molecule has 1 amide bonds. The molecule has 0 radical (unpaired) electrons. The van der Waals surface area contributed by atoms with Gasteiger partial charge in [-0.25, -0.2) is 0 Å². The summed E-state index contributed by atoms with van der Waals surface area (Å²) in [5.74, 6) is 0.938. The second-order valence-corrected chi connectivity index (χ2v) is 5.24. The van der Waals surface area contributed by atoms with Gasteiger partial charge >= 0.3 is 0 Å². The van der Waals surface area contributed by atoms with Crippen LogP contribution >= 0.6 is 15.9 Å². The molecule has 6 heteroatoms. The van der Waals surface area contributed by atoms with Gasteiger partial charge in [-0.2, -0.15) is 0 Å². The molecular weight excluding hydrogens is 332 g/mol. The fourth-order valence-corrected chi connectivity index (χ4v) is 2.14. The molecule has 108 valence electrons. The second-order valence-electron chi connectivity index (χ2n) is 4.33. The number of carbonyl (C=O) groups is 1. The fraction of sp³-hybridized carbons (Fsp3) is 0.133. The lowest BCUT2D eigenvalue weighted by atomic mass is 10.1. The Hall–Kier alpha value is -2.21. The van der Waals surface area contributed by atoms with Gasteiger partial charge in [-0.05, 0) is 29.8 Å². The van der Waals surface area contributed by atoms with Crippen molar-refractivity contribution in [2.24, 2.45) is 0 Å². The summed E-state index contributed by atoms with van der Waals surface area (Å²) >= 11 is 3.38. The van der Waals surface area contributed by atoms with Gasteiger partial charge in [-0.15, -0.1) is 16.8 Å². The third kappa shape index (κ3) is 5.00. The molecule has 0 spiro atoms. The number of nitrogens with one attached hydrogen (secondary N) is 2. The van der Waals surface area contributed by atoms with E-state index >= 15 is 0 Å². The minimum atomic E-state index is -0.130. The summed E-state index contributed by atoms with van der Waals surface area (Å²) in [5.41, 5.74) is 0.930. The third-order valence-electron chi connectivity index (χ3n) is 2.61. The third-order valence-corrected chi connectivity index (χ3v) is 3.11. The lowest BCUT2D eigenvalue weighted by molar-refractivity contribution is -0.115. The number of hydrogen-bond donors (Lipinski definition) is 2. The van der Waals surface area contributed by atoms with Gasteiger partial charge < -0.3 is 10.6 Å². The van der Waals surface area contributed by atoms with Crippen LogP contribution in [0.15, 0.2) is 53.5 Å². The van der Waals surface area contributed by atoms with E-state index in [1.807, 2.05) is 24.3 Å². The Morgan fingerprint density at radius 1 is 1.24 bits per heavy atom. The summed E-state index contributed by atoms with van der Waals surface area (Å²) in [6.07, 6.45) is 2.02. The maximum atomic E-state index is 11.9. The Bertz CT molecular complexity index is 628. The molecule has 0 bridgehead atoms. The molecule has 5 nitrogen and oxygen atoms in total. The maximum absolute atomic E-state index is 11.9. The predicted molar refractivity (Wildman–Crippen MR) is 87.2 cm³/mol. The Morgan fingerprint density at radius 2 is 2.00 bits per heavy atom. The monoisotopic (exact) mass is 346 g/mol. The molecule has 0 aliphatic rings. The van der Waals surface area contributed by atoms with E-state index in [0.29, 0.717) is 18.2 Å². The van der Waals surface area contributed by atoms with Gasteiger partial charge in [-0.3, -0.25) is 4.79 Å². The molecular formula is C15H15BrN4O. The molecule has 1 aromatic carbocycles. The summed E-state index contributed by atoms with van der Waals surface area (Å²) in [5, 5.41) is 13.6. The molecule has 0 saturated carbocycles. The number of hydrogen-bond acceptors (Lipinski definition) is 4. The van der Waals surface area contributed by atoms with Gasteiger partial charge in [0, 0.05) is 11.0 Å². The maximum Gasteiger partial charge on any atom is 0.229 e. The van der Waals surface area contributed by atoms with Crippen LogP contribution in [0.4, 0.5) is 11.6 Å². The molecule has 0 aliphatic carbocycles. The summed E-state index contributed by atoms with van der Waals surface area (Å²) in [4.78, 5) is 11.9. The van der Waals surface area contributed by atoms with Crippen molar-refractivity contribution < 1.29 is 4.79 Å². The van der Waals surface area contributed by atoms with Crippen molar-refractivity contribution in [3.8, 4) is 0 Å². The summed E-state index contributed by atoms with van der Waals surface area (Å²) in [6, 6.07) is 11.1. The minimum Gasteiger partial charge on any atom is -0.365 e. The first-order chi connectivity index (χ1) is 10.2. The average molecular weight is 347 g/mol. The van der Waals surface area contributed by atoms with Crippen LogP contribution < -0.4 is 10.6 Å². The highest BCUT2D eigenvalue weighted by molar-refractivity contribution is 9.10. The van der Waals surface area contributed by atoms with Crippen LogP contribution in [0.25, 0.3) is 0 Å². The van der Waals surface area contributed by atoms with Gasteiger partial charge in [0.2, 0.25) is 5.91 Å². The predicted octanol–water partition coefficient (Wildman–Crippen LogP) is 3.02. The van der Waals surface area contributed by atoms with Crippen LogP contribution in [0.2, 0.25) is 0 Å². The molecule has 0 aliphatic heterocycles. The molecule has 2 rings (SSSR count). The van der Waals surface area contributed by atoms with E-state index < -0.39 is 0 Å². The van der Waals surface area contributed by atoms with Crippen molar-refractivity contribution in [2.75, 3.05) is 17.2 Å². The van der Waals surface area contributed by atoms with Gasteiger partial charge in [0.25, 0.3) is 0 Å². The van der Waals surface area contributed by atoms with E-state index in [4.69, 9.17) is 0 Å². The van der Waals surface area contributed by atoms with E-state index in [0.717, 1.165) is 10.0 Å². The SMILES string of the molecule is C=CCNc1ccc(NC(=O)Cc2cccc(Br)c2)nn1. The Kier molecular flexibility index (Phi) is 5.45. The van der Waals surface area contributed by atoms with Crippen molar-refractivity contribution in [3.05, 3.63) is 59.1 Å². The second kappa shape index (κ2) is 7.54. The standard InChI is InChI=1S/C15H15BrN4O/c1-2-8-17-13-6-7-14(20-19-13)18-15(21)10-11-4-3-5-12(16)9-11/h2-7,9H,1,8,10H2,(H,17,19)(H,18,20,21). The Balaban J connectivity index is 1.91. The topological polar surface area (TPSA) is 66.9 Å². The fourth-order valence-electron chi connectivity index (χ4n) is 1.69. The number of benzene rings is 1. The zero-order valence-corrected chi connectivity index (χ0v) is 12.9. The highest BCUT2D eigenvalue weighted by Crippen LogP contribution is 2.13. The van der Waals surface area contributed by atoms with Crippen molar-refractivity contribution in [3.63, 3.8) is 0 Å². The average Bonchev–Trinajstić information content (AvgIpc) is 2.46. The van der Waals surface area contributed by atoms with Gasteiger partial charge in [0.1, 0.15) is 5.82 Å². The molecule has 0 unspecified atom stereocenters. The Labute approximate surface area is 131 Å². The highest BCUT2D eigenvalue weighted by Gasteiger charge is 2.06. The zero-order chi connectivity index (χ0) is 15.1. The van der Waals surface area contributed by atoms with Crippen LogP contribution in [-0.2, 0) is 11.2 Å². The van der Waals surface area contributed by atoms with Crippen molar-refractivity contribution in [1.82, 2.24) is 10.2 Å². The van der Waals surface area contributed by atoms with E-state index in [1.165, 1.54) is 0 Å². The summed E-state index contributed by atoms with van der Waals surface area (Å²) < 4.78 is 0.949. The van der Waals surface area contributed by atoms with E-state index in [-0.39, 0.29) is 12.3 Å². The number of halogens is 1. The number of anilines is 2. The van der Waals surface area contributed by atoms with Crippen molar-refractivity contribution in [2.45, 2.75) is 6.42 Å². The first-order valence-electron chi connectivity index (χ1n) is 6.40. The first kappa shape index (κ1) is 15.2. The number of aromatic nitrogens is 2. The minimum absolute atomic E-state index is 0.130. The number of amides is 1. The van der Waals surface area contributed by atoms with Gasteiger partial charge in [0.05, 0.1) is 6.42 Å². The summed E-state index contributed by atoms with van der Waals surface area (Å²) in [7, 11) is 0. The highest BCUT2D eigenvalue weighted by atomic mass is 79.9. The molecule has 1 heterocycles. The molecule has 2 aromatic rings. The molecule has 0 atom stereocenters. The van der Waals surface area contributed by atoms with Gasteiger partial charge in [-0.1, -0.05) is 34.1 Å². The number of nitrogens with zero attached hydrogens (tertiary/aromatic N) is 2. The smallest absolute Gasteiger partial charge is 0.229 e. The van der Waals surface area contributed by atoms with Gasteiger partial charge in [0.15, 0.2) is 5.82 Å². The molecule has 0 fully saturated rings. The Morgan fingerprint density at radius 3 is 2.67 bits per heavy atom. The van der Waals surface area contributed by atoms with Crippen molar-refractivity contribution in [1.29, 1.82) is 0 Å². The van der Waals surface area contributed by atoms with E-state index in [1.54, 1.807) is 18.2 Å². The van der Waals surface area contributed by atoms with Crippen LogP contribution in [0.1, 0.15) is 5.56 Å². The molecule has 1 aromatic heterocycles. The normalized spacial score (nSPS) is 9.95. The van der Waals surface area contributed by atoms with Crippen LogP contribution in [-0.4, -0.2) is 22.6 Å². The lowest BCUT2D eigenvalue weighted by Gasteiger charge is -2.06. The lowest BCUT2D eigenvalue weighted by Crippen LogP contribution is -2.16. The summed E-state index contributed by atoms with van der Waals surface area (Å²) in [6.45, 7) is 4.22. The quantitative estimate of drug-likeness (QED) is 0.789. The number of rotatable bonds is 6. The number of carbonyl (C=O) groups excluding carboxylic acids is 1. The molecule has 21 heavy (non-hydrogen) atoms. The first-order valence-corrected chi connectivity index (χ1v) is 7.19. The largest absolute Gasteiger partial charge is 0.365 e. The molecule has 0 saturated heterocycles.